The number of pyridine rings is 1. The number of nitrogens with one attached hydrogen (secondary N) is 1. The van der Waals surface area contributed by atoms with Crippen molar-refractivity contribution in [2.45, 2.75) is 0 Å². The number of benzene rings is 3. The van der Waals surface area contributed by atoms with E-state index in [0.717, 1.165) is 5.56 Å². The van der Waals surface area contributed by atoms with Gasteiger partial charge in [-0.15, -0.1) is 0 Å². The second-order valence-electron chi connectivity index (χ2n) is 7.76. The molecule has 3 aromatic carbocycles. The average Bonchev–Trinajstić information content (AvgIpc) is 2.79. The summed E-state index contributed by atoms with van der Waals surface area (Å²) in [5, 5.41) is 3.50. The first-order valence-electron chi connectivity index (χ1n) is 10.4. The minimum absolute atomic E-state index is 0.0883. The van der Waals surface area contributed by atoms with Crippen molar-refractivity contribution in [3.63, 3.8) is 0 Å². The van der Waals surface area contributed by atoms with Crippen LogP contribution in [-0.4, -0.2) is 30.0 Å². The van der Waals surface area contributed by atoms with Gasteiger partial charge in [-0.2, -0.15) is 0 Å². The van der Waals surface area contributed by atoms with Crippen LogP contribution in [0.5, 0.6) is 11.6 Å². The molecule has 0 aliphatic heterocycles. The van der Waals surface area contributed by atoms with Gasteiger partial charge in [0, 0.05) is 40.3 Å². The molecule has 4 aromatic rings. The van der Waals surface area contributed by atoms with Crippen LogP contribution in [0, 0.1) is 0 Å². The molecule has 5 nitrogen and oxygen atoms in total. The summed E-state index contributed by atoms with van der Waals surface area (Å²) < 4.78 is 6.06. The maximum absolute atomic E-state index is 13.2. The molecule has 1 amide bonds. The van der Waals surface area contributed by atoms with Crippen LogP contribution in [0.25, 0.3) is 22.4 Å². The van der Waals surface area contributed by atoms with Gasteiger partial charge in [-0.05, 0) is 60.2 Å². The molecular formula is C26H19Cl4N3O2. The van der Waals surface area contributed by atoms with E-state index < -0.39 is 5.91 Å². The highest BCUT2D eigenvalue weighted by Gasteiger charge is 2.23. The molecule has 1 aromatic heterocycles. The maximum atomic E-state index is 13.2. The van der Waals surface area contributed by atoms with Crippen LogP contribution in [-0.2, 0) is 0 Å². The van der Waals surface area contributed by atoms with E-state index >= 15 is 0 Å². The zero-order valence-electron chi connectivity index (χ0n) is 18.7. The first-order chi connectivity index (χ1) is 16.7. The van der Waals surface area contributed by atoms with Crippen molar-refractivity contribution >= 4 is 52.3 Å². The molecule has 0 spiro atoms. The Bertz CT molecular complexity index is 1390. The lowest BCUT2D eigenvalue weighted by Crippen LogP contribution is -2.36. The van der Waals surface area contributed by atoms with Gasteiger partial charge in [-0.3, -0.25) is 10.2 Å². The van der Waals surface area contributed by atoms with E-state index in [-0.39, 0.29) is 11.4 Å². The number of hydrazine groups is 1. The Hall–Kier alpha value is -2.80. The van der Waals surface area contributed by atoms with Gasteiger partial charge >= 0.3 is 0 Å². The smallest absolute Gasteiger partial charge is 0.271 e. The van der Waals surface area contributed by atoms with Crippen LogP contribution in [0.1, 0.15) is 10.4 Å². The Labute approximate surface area is 223 Å². The summed E-state index contributed by atoms with van der Waals surface area (Å²) in [5.74, 6) is 0.116. The number of hydrogen-bond donors (Lipinski definition) is 1. The Morgan fingerprint density at radius 1 is 0.829 bits per heavy atom. The van der Waals surface area contributed by atoms with Crippen LogP contribution >= 0.6 is 46.4 Å². The molecule has 1 N–H and O–H groups in total. The van der Waals surface area contributed by atoms with Crippen LogP contribution in [0.4, 0.5) is 0 Å². The van der Waals surface area contributed by atoms with Gasteiger partial charge in [0.2, 0.25) is 5.88 Å². The van der Waals surface area contributed by atoms with Gasteiger partial charge in [0.1, 0.15) is 11.3 Å². The number of ether oxygens (including phenoxy) is 1. The van der Waals surface area contributed by atoms with Gasteiger partial charge < -0.3 is 4.74 Å². The summed E-state index contributed by atoms with van der Waals surface area (Å²) in [7, 11) is 3.43. The van der Waals surface area contributed by atoms with Gasteiger partial charge in [0.25, 0.3) is 5.91 Å². The molecular weight excluding hydrogens is 528 g/mol. The molecule has 0 saturated carbocycles. The minimum atomic E-state index is -0.400. The molecule has 0 aliphatic carbocycles. The fourth-order valence-corrected chi connectivity index (χ4v) is 4.18. The van der Waals surface area contributed by atoms with E-state index in [4.69, 9.17) is 56.1 Å². The van der Waals surface area contributed by atoms with E-state index in [0.29, 0.717) is 42.7 Å². The van der Waals surface area contributed by atoms with E-state index in [1.165, 1.54) is 5.01 Å². The number of amides is 1. The highest BCUT2D eigenvalue weighted by Crippen LogP contribution is 2.40. The number of carbonyl (C=O) groups excluding carboxylic acids is 1. The van der Waals surface area contributed by atoms with Crippen molar-refractivity contribution < 1.29 is 9.53 Å². The molecule has 0 atom stereocenters. The third-order valence-corrected chi connectivity index (χ3v) is 5.94. The number of carbonyl (C=O) groups is 1. The molecule has 4 rings (SSSR count). The molecule has 35 heavy (non-hydrogen) atoms. The highest BCUT2D eigenvalue weighted by molar-refractivity contribution is 6.36. The van der Waals surface area contributed by atoms with Crippen molar-refractivity contribution in [1.82, 2.24) is 15.4 Å². The molecule has 1 heterocycles. The highest BCUT2D eigenvalue weighted by atomic mass is 35.5. The van der Waals surface area contributed by atoms with Crippen molar-refractivity contribution in [2.75, 3.05) is 14.1 Å². The molecule has 0 aliphatic rings. The number of halogens is 4. The third-order valence-electron chi connectivity index (χ3n) is 4.91. The SMILES string of the molecule is CN(C)NC(=O)c1cc(-c2ccc(Cl)cc2)c(-c2ccc(Cl)cc2Cl)nc1Oc1cccc(Cl)c1. The van der Waals surface area contributed by atoms with Crippen LogP contribution in [0.15, 0.2) is 72.8 Å². The first kappa shape index (κ1) is 25.3. The fourth-order valence-electron chi connectivity index (χ4n) is 3.38. The van der Waals surface area contributed by atoms with E-state index in [9.17, 15) is 4.79 Å². The predicted octanol–water partition coefficient (Wildman–Crippen LogP) is 8.03. The molecule has 0 saturated heterocycles. The van der Waals surface area contributed by atoms with E-state index in [1.54, 1.807) is 74.8 Å². The first-order valence-corrected chi connectivity index (χ1v) is 11.9. The molecule has 0 unspecified atom stereocenters. The predicted molar refractivity (Wildman–Crippen MR) is 143 cm³/mol. The van der Waals surface area contributed by atoms with Gasteiger partial charge in [0.15, 0.2) is 0 Å². The Kier molecular flexibility index (Phi) is 7.85. The lowest BCUT2D eigenvalue weighted by molar-refractivity contribution is 0.0854. The summed E-state index contributed by atoms with van der Waals surface area (Å²) in [6.07, 6.45) is 0. The molecule has 0 radical (unpaired) electrons. The molecule has 178 valence electrons. The lowest BCUT2D eigenvalue weighted by Gasteiger charge is -2.18. The summed E-state index contributed by atoms with van der Waals surface area (Å²) in [6.45, 7) is 0. The van der Waals surface area contributed by atoms with Crippen molar-refractivity contribution in [1.29, 1.82) is 0 Å². The number of rotatable bonds is 6. The summed E-state index contributed by atoms with van der Waals surface area (Å²) in [6, 6.07) is 20.9. The Morgan fingerprint density at radius 3 is 2.17 bits per heavy atom. The zero-order valence-corrected chi connectivity index (χ0v) is 21.7. The van der Waals surface area contributed by atoms with Crippen LogP contribution in [0.3, 0.4) is 0 Å². The fraction of sp³-hybridized carbons (Fsp3) is 0.0769. The standard InChI is InChI=1S/C26H19Cl4N3O2/c1-33(2)32-25(34)22-14-21(15-6-8-16(27)9-7-15)24(20-11-10-18(29)13-23(20)30)31-26(22)35-19-5-3-4-17(28)12-19/h3-14H,1-2H3,(H,32,34). The lowest BCUT2D eigenvalue weighted by atomic mass is 9.97. The maximum Gasteiger partial charge on any atom is 0.271 e. The second-order valence-corrected chi connectivity index (χ2v) is 9.48. The van der Waals surface area contributed by atoms with Crippen molar-refractivity contribution in [2.24, 2.45) is 0 Å². The minimum Gasteiger partial charge on any atom is -0.438 e. The van der Waals surface area contributed by atoms with Crippen LogP contribution < -0.4 is 10.2 Å². The summed E-state index contributed by atoms with van der Waals surface area (Å²) >= 11 is 24.9. The molecule has 0 fully saturated rings. The van der Waals surface area contributed by atoms with E-state index in [1.807, 2.05) is 12.1 Å². The van der Waals surface area contributed by atoms with E-state index in [2.05, 4.69) is 5.43 Å². The molecule has 9 heteroatoms. The van der Waals surface area contributed by atoms with Crippen molar-refractivity contribution in [3.05, 3.63) is 98.5 Å². The number of aromatic nitrogens is 1. The molecule has 0 bridgehead atoms. The van der Waals surface area contributed by atoms with Gasteiger partial charge in [-0.25, -0.2) is 9.99 Å². The number of hydrogen-bond acceptors (Lipinski definition) is 4. The Balaban J connectivity index is 1.98. The van der Waals surface area contributed by atoms with Crippen LogP contribution in [0.2, 0.25) is 20.1 Å². The Morgan fingerprint density at radius 2 is 1.51 bits per heavy atom. The second kappa shape index (κ2) is 10.9. The van der Waals surface area contributed by atoms with Gasteiger partial charge in [0.05, 0.1) is 10.7 Å². The third kappa shape index (κ3) is 6.07. The quantitative estimate of drug-likeness (QED) is 0.249. The zero-order chi connectivity index (χ0) is 25.1. The van der Waals surface area contributed by atoms with Crippen molar-refractivity contribution in [3.8, 4) is 34.0 Å². The average molecular weight is 547 g/mol. The summed E-state index contributed by atoms with van der Waals surface area (Å²) in [4.78, 5) is 17.9. The number of nitrogens with zero attached hydrogens (tertiary/aromatic N) is 2. The summed E-state index contributed by atoms with van der Waals surface area (Å²) in [5.41, 5.74) is 5.54. The topological polar surface area (TPSA) is 54.5 Å². The normalized spacial score (nSPS) is 10.9. The van der Waals surface area contributed by atoms with Gasteiger partial charge in [-0.1, -0.05) is 64.6 Å². The largest absolute Gasteiger partial charge is 0.438 e. The monoisotopic (exact) mass is 545 g/mol.